The summed E-state index contributed by atoms with van der Waals surface area (Å²) in [6.07, 6.45) is 0.667. The Kier molecular flexibility index (Phi) is 7.64. The summed E-state index contributed by atoms with van der Waals surface area (Å²) in [5.74, 6) is 0.807. The van der Waals surface area contributed by atoms with Crippen LogP contribution in [0.25, 0.3) is 0 Å². The zero-order valence-corrected chi connectivity index (χ0v) is 19.1. The Morgan fingerprint density at radius 2 is 1.74 bits per heavy atom. The molecule has 2 amide bonds. The van der Waals surface area contributed by atoms with Gasteiger partial charge in [-0.15, -0.1) is 0 Å². The van der Waals surface area contributed by atoms with Crippen LogP contribution in [0.4, 0.5) is 4.79 Å². The van der Waals surface area contributed by atoms with Crippen molar-refractivity contribution in [3.8, 4) is 11.5 Å². The van der Waals surface area contributed by atoms with Crippen molar-refractivity contribution in [2.45, 2.75) is 11.3 Å². The number of piperazine rings is 1. The molecule has 1 heterocycles. The molecule has 0 aromatic heterocycles. The van der Waals surface area contributed by atoms with Crippen molar-refractivity contribution in [1.82, 2.24) is 14.5 Å². The molecule has 0 saturated carbocycles. The lowest BCUT2D eigenvalue weighted by atomic mass is 10.1. The third-order valence-corrected chi connectivity index (χ3v) is 7.23. The van der Waals surface area contributed by atoms with E-state index in [0.29, 0.717) is 42.6 Å². The normalized spacial score (nSPS) is 14.9. The molecule has 1 saturated heterocycles. The highest BCUT2D eigenvalue weighted by atomic mass is 35.5. The quantitative estimate of drug-likeness (QED) is 0.676. The monoisotopic (exact) mass is 467 g/mol. The summed E-state index contributed by atoms with van der Waals surface area (Å²) in [4.78, 5) is 14.2. The number of benzene rings is 2. The van der Waals surface area contributed by atoms with Crippen LogP contribution in [0.5, 0.6) is 11.5 Å². The maximum absolute atomic E-state index is 13.0. The first-order valence-electron chi connectivity index (χ1n) is 9.84. The van der Waals surface area contributed by atoms with Crippen LogP contribution >= 0.6 is 11.6 Å². The smallest absolute Gasteiger partial charge is 0.317 e. The second kappa shape index (κ2) is 10.2. The van der Waals surface area contributed by atoms with E-state index in [-0.39, 0.29) is 24.0 Å². The number of halogens is 1. The van der Waals surface area contributed by atoms with Gasteiger partial charge in [-0.1, -0.05) is 23.7 Å². The Morgan fingerprint density at radius 3 is 2.39 bits per heavy atom. The summed E-state index contributed by atoms with van der Waals surface area (Å²) in [5.41, 5.74) is 1.04. The molecule has 2 aromatic carbocycles. The predicted molar refractivity (Wildman–Crippen MR) is 118 cm³/mol. The second-order valence-electron chi connectivity index (χ2n) is 7.02. The molecule has 0 aliphatic carbocycles. The molecule has 1 aliphatic heterocycles. The molecule has 0 radical (unpaired) electrons. The van der Waals surface area contributed by atoms with Gasteiger partial charge in [0.15, 0.2) is 11.5 Å². The van der Waals surface area contributed by atoms with E-state index in [4.69, 9.17) is 21.1 Å². The third-order valence-electron chi connectivity index (χ3n) is 5.10. The number of urea groups is 1. The molecular weight excluding hydrogens is 442 g/mol. The van der Waals surface area contributed by atoms with Gasteiger partial charge in [0.2, 0.25) is 10.0 Å². The largest absolute Gasteiger partial charge is 0.493 e. The standard InChI is InChI=1S/C21H26ClN3O5S/c1-29-19-7-6-18(15-20(19)30-2)31(27,28)25-12-10-24(11-13-25)21(26)23-9-8-16-4-3-5-17(22)14-16/h3-7,14-15H,8-13H2,1-2H3,(H,23,26). The van der Waals surface area contributed by atoms with E-state index in [1.54, 1.807) is 17.0 Å². The van der Waals surface area contributed by atoms with E-state index < -0.39 is 10.0 Å². The number of nitrogens with one attached hydrogen (secondary N) is 1. The molecular formula is C21H26ClN3O5S. The topological polar surface area (TPSA) is 88.2 Å². The molecule has 31 heavy (non-hydrogen) atoms. The summed E-state index contributed by atoms with van der Waals surface area (Å²) < 4.78 is 37.7. The fraction of sp³-hybridized carbons (Fsp3) is 0.381. The Labute approximate surface area is 187 Å². The molecule has 0 spiro atoms. The average Bonchev–Trinajstić information content (AvgIpc) is 2.78. The van der Waals surface area contributed by atoms with E-state index in [2.05, 4.69) is 5.32 Å². The molecule has 2 aromatic rings. The Balaban J connectivity index is 1.54. The number of hydrogen-bond donors (Lipinski definition) is 1. The summed E-state index contributed by atoms with van der Waals surface area (Å²) in [6.45, 7) is 1.55. The number of methoxy groups -OCH3 is 2. The first-order valence-corrected chi connectivity index (χ1v) is 11.7. The van der Waals surface area contributed by atoms with Crippen molar-refractivity contribution in [3.05, 3.63) is 53.1 Å². The summed E-state index contributed by atoms with van der Waals surface area (Å²) >= 11 is 5.97. The number of sulfonamides is 1. The molecule has 1 aliphatic rings. The number of carbonyl (C=O) groups is 1. The van der Waals surface area contributed by atoms with Crippen molar-refractivity contribution >= 4 is 27.7 Å². The number of carbonyl (C=O) groups excluding carboxylic acids is 1. The number of nitrogens with zero attached hydrogens (tertiary/aromatic N) is 2. The van der Waals surface area contributed by atoms with Crippen molar-refractivity contribution in [3.63, 3.8) is 0 Å². The molecule has 8 nitrogen and oxygen atoms in total. The minimum atomic E-state index is -3.70. The molecule has 3 rings (SSSR count). The molecule has 168 valence electrons. The lowest BCUT2D eigenvalue weighted by Crippen LogP contribution is -2.53. The van der Waals surface area contributed by atoms with Crippen molar-refractivity contribution in [2.24, 2.45) is 0 Å². The van der Waals surface area contributed by atoms with Crippen LogP contribution in [0.1, 0.15) is 5.56 Å². The molecule has 1 fully saturated rings. The summed E-state index contributed by atoms with van der Waals surface area (Å²) in [6, 6.07) is 11.8. The van der Waals surface area contributed by atoms with E-state index in [0.717, 1.165) is 5.56 Å². The highest BCUT2D eigenvalue weighted by molar-refractivity contribution is 7.89. The molecule has 0 atom stereocenters. The van der Waals surface area contributed by atoms with Gasteiger partial charge in [0.1, 0.15) is 0 Å². The van der Waals surface area contributed by atoms with Crippen molar-refractivity contribution in [2.75, 3.05) is 46.9 Å². The third kappa shape index (κ3) is 5.61. The minimum absolute atomic E-state index is 0.129. The Morgan fingerprint density at radius 1 is 1.03 bits per heavy atom. The molecule has 1 N–H and O–H groups in total. The molecule has 0 unspecified atom stereocenters. The SMILES string of the molecule is COc1ccc(S(=O)(=O)N2CCN(C(=O)NCCc3cccc(Cl)c3)CC2)cc1OC. The number of amides is 2. The molecule has 10 heteroatoms. The highest BCUT2D eigenvalue weighted by Gasteiger charge is 2.30. The highest BCUT2D eigenvalue weighted by Crippen LogP contribution is 2.30. The van der Waals surface area contributed by atoms with Gasteiger partial charge in [0.05, 0.1) is 19.1 Å². The summed E-state index contributed by atoms with van der Waals surface area (Å²) in [7, 11) is -0.751. The van der Waals surface area contributed by atoms with Crippen LogP contribution in [0.3, 0.4) is 0 Å². The lowest BCUT2D eigenvalue weighted by Gasteiger charge is -2.34. The van der Waals surface area contributed by atoms with E-state index in [9.17, 15) is 13.2 Å². The van der Waals surface area contributed by atoms with Crippen molar-refractivity contribution < 1.29 is 22.7 Å². The van der Waals surface area contributed by atoms with Crippen LogP contribution in [-0.2, 0) is 16.4 Å². The molecule has 0 bridgehead atoms. The van der Waals surface area contributed by atoms with E-state index >= 15 is 0 Å². The lowest BCUT2D eigenvalue weighted by molar-refractivity contribution is 0.172. The van der Waals surface area contributed by atoms with Crippen LogP contribution in [-0.4, -0.2) is 70.6 Å². The first kappa shape index (κ1) is 23.2. The maximum Gasteiger partial charge on any atom is 0.317 e. The average molecular weight is 468 g/mol. The minimum Gasteiger partial charge on any atom is -0.493 e. The first-order chi connectivity index (χ1) is 14.8. The number of rotatable bonds is 7. The van der Waals surface area contributed by atoms with Crippen LogP contribution in [0.2, 0.25) is 5.02 Å². The van der Waals surface area contributed by atoms with Gasteiger partial charge in [0.25, 0.3) is 0 Å². The Bertz CT molecular complexity index is 1020. The number of ether oxygens (including phenoxy) is 2. The number of hydrogen-bond acceptors (Lipinski definition) is 5. The van der Waals surface area contributed by atoms with Gasteiger partial charge < -0.3 is 19.7 Å². The van der Waals surface area contributed by atoms with Gasteiger partial charge in [-0.3, -0.25) is 0 Å². The van der Waals surface area contributed by atoms with Gasteiger partial charge in [0, 0.05) is 43.8 Å². The Hall–Kier alpha value is -2.49. The fourth-order valence-corrected chi connectivity index (χ4v) is 5.03. The van der Waals surface area contributed by atoms with Crippen LogP contribution < -0.4 is 14.8 Å². The zero-order valence-electron chi connectivity index (χ0n) is 17.5. The maximum atomic E-state index is 13.0. The van der Waals surface area contributed by atoms with Crippen LogP contribution in [0.15, 0.2) is 47.4 Å². The second-order valence-corrected chi connectivity index (χ2v) is 9.39. The van der Waals surface area contributed by atoms with Gasteiger partial charge >= 0.3 is 6.03 Å². The summed E-state index contributed by atoms with van der Waals surface area (Å²) in [5, 5.41) is 3.54. The van der Waals surface area contributed by atoms with Gasteiger partial charge in [-0.2, -0.15) is 4.31 Å². The van der Waals surface area contributed by atoms with E-state index in [1.807, 2.05) is 18.2 Å². The van der Waals surface area contributed by atoms with Crippen LogP contribution in [0, 0.1) is 0 Å². The zero-order chi connectivity index (χ0) is 22.4. The van der Waals surface area contributed by atoms with Crippen molar-refractivity contribution in [1.29, 1.82) is 0 Å². The van der Waals surface area contributed by atoms with Gasteiger partial charge in [-0.25, -0.2) is 13.2 Å². The predicted octanol–water partition coefficient (Wildman–Crippen LogP) is 2.62. The van der Waals surface area contributed by atoms with Gasteiger partial charge in [-0.05, 0) is 36.2 Å². The fourth-order valence-electron chi connectivity index (χ4n) is 3.38. The van der Waals surface area contributed by atoms with E-state index in [1.165, 1.54) is 30.7 Å².